The summed E-state index contributed by atoms with van der Waals surface area (Å²) in [6.45, 7) is 1.21. The Hall–Kier alpha value is -1.13. The van der Waals surface area contributed by atoms with Gasteiger partial charge in [-0.05, 0) is 12.8 Å². The molecule has 0 bridgehead atoms. The predicted octanol–water partition coefficient (Wildman–Crippen LogP) is 1.49. The van der Waals surface area contributed by atoms with Crippen LogP contribution in [0.25, 0.3) is 0 Å². The van der Waals surface area contributed by atoms with E-state index in [-0.39, 0.29) is 0 Å². The van der Waals surface area contributed by atoms with Crippen molar-refractivity contribution in [3.05, 3.63) is 10.1 Å². The highest BCUT2D eigenvalue weighted by molar-refractivity contribution is 5.66. The lowest BCUT2D eigenvalue weighted by molar-refractivity contribution is -0.626. The third kappa shape index (κ3) is 2.17. The van der Waals surface area contributed by atoms with Gasteiger partial charge >= 0.3 is 11.7 Å². The van der Waals surface area contributed by atoms with Gasteiger partial charge < -0.3 is 4.74 Å². The van der Waals surface area contributed by atoms with E-state index in [1.165, 1.54) is 6.92 Å². The second-order valence-electron chi connectivity index (χ2n) is 3.36. The molecule has 5 nitrogen and oxygen atoms in total. The Morgan fingerprint density at radius 3 is 2.31 bits per heavy atom. The van der Waals surface area contributed by atoms with Gasteiger partial charge in [0.05, 0.1) is 17.8 Å². The first-order chi connectivity index (χ1) is 6.07. The minimum Gasteiger partial charge on any atom is -0.396 e. The molecule has 5 heteroatoms. The zero-order chi connectivity index (χ0) is 9.90. The van der Waals surface area contributed by atoms with E-state index in [1.54, 1.807) is 0 Å². The molecule has 0 spiro atoms. The zero-order valence-corrected chi connectivity index (χ0v) is 7.62. The second kappa shape index (κ2) is 3.72. The van der Waals surface area contributed by atoms with E-state index >= 15 is 0 Å². The molecule has 0 aromatic carbocycles. The number of nitro groups is 1. The fourth-order valence-electron chi connectivity index (χ4n) is 1.69. The maximum absolute atomic E-state index is 10.7. The van der Waals surface area contributed by atoms with Crippen molar-refractivity contribution < 1.29 is 14.5 Å². The van der Waals surface area contributed by atoms with E-state index in [4.69, 9.17) is 4.74 Å². The van der Waals surface area contributed by atoms with E-state index in [0.717, 1.165) is 19.3 Å². The van der Waals surface area contributed by atoms with Gasteiger partial charge in [0, 0.05) is 6.92 Å². The summed E-state index contributed by atoms with van der Waals surface area (Å²) in [7, 11) is 0. The molecular formula is C8H13NO4. The van der Waals surface area contributed by atoms with Crippen molar-refractivity contribution in [3.63, 3.8) is 0 Å². The minimum absolute atomic E-state index is 0.347. The molecular weight excluding hydrogens is 174 g/mol. The first-order valence-electron chi connectivity index (χ1n) is 4.41. The van der Waals surface area contributed by atoms with Crippen molar-refractivity contribution in [2.75, 3.05) is 0 Å². The molecule has 13 heavy (non-hydrogen) atoms. The lowest BCUT2D eigenvalue weighted by Crippen LogP contribution is -2.44. The first-order valence-corrected chi connectivity index (χ1v) is 4.41. The van der Waals surface area contributed by atoms with Crippen LogP contribution in [0.2, 0.25) is 0 Å². The maximum atomic E-state index is 10.7. The predicted molar refractivity (Wildman–Crippen MR) is 44.6 cm³/mol. The summed E-state index contributed by atoms with van der Waals surface area (Å²) in [6.07, 6.45) is 3.19. The molecule has 0 amide bonds. The van der Waals surface area contributed by atoms with Crippen LogP contribution in [0.3, 0.4) is 0 Å². The summed E-state index contributed by atoms with van der Waals surface area (Å²) in [4.78, 5) is 21.0. The Kier molecular flexibility index (Phi) is 2.85. The molecule has 0 atom stereocenters. The van der Waals surface area contributed by atoms with Crippen LogP contribution in [0.5, 0.6) is 0 Å². The molecule has 0 aromatic heterocycles. The van der Waals surface area contributed by atoms with Crippen molar-refractivity contribution in [1.82, 2.24) is 0 Å². The first kappa shape index (κ1) is 9.95. The van der Waals surface area contributed by atoms with Gasteiger partial charge in [-0.3, -0.25) is 14.9 Å². The SMILES string of the molecule is CC(=O)OC1([N+](=O)[O-])CCCCC1. The molecule has 74 valence electrons. The van der Waals surface area contributed by atoms with E-state index in [1.807, 2.05) is 0 Å². The fourth-order valence-corrected chi connectivity index (χ4v) is 1.69. The van der Waals surface area contributed by atoms with Crippen LogP contribution >= 0.6 is 0 Å². The van der Waals surface area contributed by atoms with E-state index in [2.05, 4.69) is 0 Å². The molecule has 1 saturated carbocycles. The normalized spacial score (nSPS) is 20.7. The van der Waals surface area contributed by atoms with Crippen molar-refractivity contribution in [1.29, 1.82) is 0 Å². The van der Waals surface area contributed by atoms with Crippen molar-refractivity contribution in [3.8, 4) is 0 Å². The number of carbonyl (C=O) groups excluding carboxylic acids is 1. The summed E-state index contributed by atoms with van der Waals surface area (Å²) >= 11 is 0. The fraction of sp³-hybridized carbons (Fsp3) is 0.875. The van der Waals surface area contributed by atoms with Crippen molar-refractivity contribution in [2.45, 2.75) is 44.8 Å². The molecule has 1 rings (SSSR count). The summed E-state index contributed by atoms with van der Waals surface area (Å²) in [5, 5.41) is 10.7. The molecule has 0 aromatic rings. The Bertz CT molecular complexity index is 220. The number of rotatable bonds is 2. The number of ether oxygens (including phenoxy) is 1. The summed E-state index contributed by atoms with van der Waals surface area (Å²) in [6, 6.07) is 0. The van der Waals surface area contributed by atoms with Crippen LogP contribution in [0.15, 0.2) is 0 Å². The van der Waals surface area contributed by atoms with Gasteiger partial charge in [0.25, 0.3) is 0 Å². The quantitative estimate of drug-likeness (QED) is 0.284. The summed E-state index contributed by atoms with van der Waals surface area (Å²) in [5.74, 6) is -0.571. The second-order valence-corrected chi connectivity index (χ2v) is 3.36. The maximum Gasteiger partial charge on any atom is 0.365 e. The number of nitrogens with zero attached hydrogens (tertiary/aromatic N) is 1. The van der Waals surface area contributed by atoms with Gasteiger partial charge in [-0.2, -0.15) is 0 Å². The minimum atomic E-state index is -1.43. The molecule has 0 unspecified atom stereocenters. The van der Waals surface area contributed by atoms with Crippen LogP contribution in [-0.2, 0) is 9.53 Å². The Morgan fingerprint density at radius 2 is 1.92 bits per heavy atom. The average Bonchev–Trinajstić information content (AvgIpc) is 2.04. The molecule has 0 aliphatic heterocycles. The monoisotopic (exact) mass is 187 g/mol. The third-order valence-electron chi connectivity index (χ3n) is 2.30. The van der Waals surface area contributed by atoms with Crippen LogP contribution in [0, 0.1) is 10.1 Å². The standard InChI is InChI=1S/C8H13NO4/c1-7(10)13-8(9(11)12)5-3-2-4-6-8/h2-6H2,1H3. The smallest absolute Gasteiger partial charge is 0.365 e. The van der Waals surface area contributed by atoms with E-state index in [0.29, 0.717) is 12.8 Å². The highest BCUT2D eigenvalue weighted by atomic mass is 16.7. The zero-order valence-electron chi connectivity index (χ0n) is 7.62. The van der Waals surface area contributed by atoms with Crippen LogP contribution in [0.1, 0.15) is 39.0 Å². The topological polar surface area (TPSA) is 69.4 Å². The number of esters is 1. The number of hydrogen-bond acceptors (Lipinski definition) is 4. The van der Waals surface area contributed by atoms with E-state index < -0.39 is 16.6 Å². The molecule has 0 radical (unpaired) electrons. The molecule has 1 aliphatic rings. The number of hydrogen-bond donors (Lipinski definition) is 0. The van der Waals surface area contributed by atoms with Gasteiger partial charge in [-0.15, -0.1) is 0 Å². The van der Waals surface area contributed by atoms with Crippen LogP contribution in [-0.4, -0.2) is 16.6 Å². The highest BCUT2D eigenvalue weighted by Crippen LogP contribution is 2.32. The van der Waals surface area contributed by atoms with Crippen LogP contribution < -0.4 is 0 Å². The van der Waals surface area contributed by atoms with Crippen molar-refractivity contribution in [2.24, 2.45) is 0 Å². The molecule has 0 saturated heterocycles. The molecule has 0 N–H and O–H groups in total. The van der Waals surface area contributed by atoms with Crippen LogP contribution in [0.4, 0.5) is 0 Å². The lowest BCUT2D eigenvalue weighted by Gasteiger charge is -2.27. The Labute approximate surface area is 76.2 Å². The number of carbonyl (C=O) groups is 1. The van der Waals surface area contributed by atoms with Gasteiger partial charge in [0.2, 0.25) is 0 Å². The van der Waals surface area contributed by atoms with Gasteiger partial charge in [0.15, 0.2) is 0 Å². The molecule has 1 fully saturated rings. The summed E-state index contributed by atoms with van der Waals surface area (Å²) < 4.78 is 4.80. The average molecular weight is 187 g/mol. The summed E-state index contributed by atoms with van der Waals surface area (Å²) in [5.41, 5.74) is -1.43. The van der Waals surface area contributed by atoms with E-state index in [9.17, 15) is 14.9 Å². The Morgan fingerprint density at radius 1 is 1.38 bits per heavy atom. The van der Waals surface area contributed by atoms with Crippen molar-refractivity contribution >= 4 is 5.97 Å². The molecule has 0 heterocycles. The largest absolute Gasteiger partial charge is 0.396 e. The van der Waals surface area contributed by atoms with Gasteiger partial charge in [-0.1, -0.05) is 6.42 Å². The van der Waals surface area contributed by atoms with Gasteiger partial charge in [0.1, 0.15) is 0 Å². The van der Waals surface area contributed by atoms with Gasteiger partial charge in [-0.25, -0.2) is 0 Å². The highest BCUT2D eigenvalue weighted by Gasteiger charge is 2.47. The third-order valence-corrected chi connectivity index (χ3v) is 2.30. The molecule has 1 aliphatic carbocycles. The lowest BCUT2D eigenvalue weighted by atomic mass is 9.92. The Balaban J connectivity index is 2.73.